The molecular formula is C16H21NO3. The predicted octanol–water partition coefficient (Wildman–Crippen LogP) is 2.51. The van der Waals surface area contributed by atoms with Gasteiger partial charge in [-0.1, -0.05) is 12.1 Å². The van der Waals surface area contributed by atoms with Gasteiger partial charge in [0.1, 0.15) is 11.7 Å². The van der Waals surface area contributed by atoms with Crippen molar-refractivity contribution in [3.05, 3.63) is 29.8 Å². The SMILES string of the molecule is CC(=O)C(Cc1ccc(N2CCCCC2)cc1)C(=O)O. The van der Waals surface area contributed by atoms with Crippen molar-refractivity contribution in [1.82, 2.24) is 0 Å². The first-order valence-electron chi connectivity index (χ1n) is 7.15. The Morgan fingerprint density at radius 1 is 1.15 bits per heavy atom. The summed E-state index contributed by atoms with van der Waals surface area (Å²) in [6.07, 6.45) is 4.03. The van der Waals surface area contributed by atoms with Crippen LogP contribution in [-0.2, 0) is 16.0 Å². The van der Waals surface area contributed by atoms with Gasteiger partial charge in [-0.2, -0.15) is 0 Å². The highest BCUT2D eigenvalue weighted by molar-refractivity contribution is 5.97. The maximum absolute atomic E-state index is 11.3. The zero-order chi connectivity index (χ0) is 14.5. The third kappa shape index (κ3) is 3.59. The molecule has 1 fully saturated rings. The maximum atomic E-state index is 11.3. The van der Waals surface area contributed by atoms with E-state index in [2.05, 4.69) is 4.90 Å². The van der Waals surface area contributed by atoms with E-state index in [1.54, 1.807) is 0 Å². The molecule has 2 rings (SSSR count). The number of hydrogen-bond acceptors (Lipinski definition) is 3. The maximum Gasteiger partial charge on any atom is 0.314 e. The molecule has 0 amide bonds. The summed E-state index contributed by atoms with van der Waals surface area (Å²) in [6, 6.07) is 7.92. The molecule has 0 spiro atoms. The first-order valence-corrected chi connectivity index (χ1v) is 7.15. The number of rotatable bonds is 5. The van der Waals surface area contributed by atoms with Gasteiger partial charge in [0.2, 0.25) is 0 Å². The van der Waals surface area contributed by atoms with E-state index in [9.17, 15) is 9.59 Å². The van der Waals surface area contributed by atoms with Gasteiger partial charge in [0, 0.05) is 18.8 Å². The molecule has 1 heterocycles. The Bertz CT molecular complexity index is 461. The largest absolute Gasteiger partial charge is 0.481 e. The van der Waals surface area contributed by atoms with Gasteiger partial charge in [0.15, 0.2) is 0 Å². The number of carbonyl (C=O) groups excluding carboxylic acids is 1. The fourth-order valence-electron chi connectivity index (χ4n) is 2.64. The Morgan fingerprint density at radius 3 is 2.25 bits per heavy atom. The monoisotopic (exact) mass is 275 g/mol. The van der Waals surface area contributed by atoms with Crippen LogP contribution in [-0.4, -0.2) is 29.9 Å². The van der Waals surface area contributed by atoms with Crippen molar-refractivity contribution >= 4 is 17.4 Å². The van der Waals surface area contributed by atoms with Gasteiger partial charge in [-0.05, 0) is 50.3 Å². The van der Waals surface area contributed by atoms with E-state index in [-0.39, 0.29) is 12.2 Å². The summed E-state index contributed by atoms with van der Waals surface area (Å²) in [4.78, 5) is 24.7. The molecule has 4 heteroatoms. The summed E-state index contributed by atoms with van der Waals surface area (Å²) in [6.45, 7) is 3.51. The first kappa shape index (κ1) is 14.6. The fraction of sp³-hybridized carbons (Fsp3) is 0.500. The lowest BCUT2D eigenvalue weighted by molar-refractivity contribution is -0.145. The van der Waals surface area contributed by atoms with Crippen molar-refractivity contribution in [3.63, 3.8) is 0 Å². The molecule has 1 saturated heterocycles. The van der Waals surface area contributed by atoms with E-state index in [1.807, 2.05) is 24.3 Å². The van der Waals surface area contributed by atoms with Gasteiger partial charge in [-0.25, -0.2) is 0 Å². The van der Waals surface area contributed by atoms with Gasteiger partial charge >= 0.3 is 5.97 Å². The first-order chi connectivity index (χ1) is 9.58. The minimum Gasteiger partial charge on any atom is -0.481 e. The van der Waals surface area contributed by atoms with Gasteiger partial charge < -0.3 is 10.0 Å². The molecule has 20 heavy (non-hydrogen) atoms. The van der Waals surface area contributed by atoms with Crippen LogP contribution in [0.1, 0.15) is 31.7 Å². The molecule has 1 aliphatic heterocycles. The third-order valence-corrected chi connectivity index (χ3v) is 3.89. The summed E-state index contributed by atoms with van der Waals surface area (Å²) in [5, 5.41) is 9.03. The van der Waals surface area contributed by atoms with Crippen molar-refractivity contribution in [3.8, 4) is 0 Å². The van der Waals surface area contributed by atoms with Gasteiger partial charge in [-0.3, -0.25) is 9.59 Å². The summed E-state index contributed by atoms with van der Waals surface area (Å²) < 4.78 is 0. The highest BCUT2D eigenvalue weighted by Crippen LogP contribution is 2.21. The molecule has 0 bridgehead atoms. The number of carbonyl (C=O) groups is 2. The molecule has 1 aromatic carbocycles. The van der Waals surface area contributed by atoms with Crippen LogP contribution in [0.25, 0.3) is 0 Å². The fourth-order valence-corrected chi connectivity index (χ4v) is 2.64. The van der Waals surface area contributed by atoms with Crippen LogP contribution in [0.15, 0.2) is 24.3 Å². The van der Waals surface area contributed by atoms with Crippen LogP contribution in [0, 0.1) is 5.92 Å². The highest BCUT2D eigenvalue weighted by Gasteiger charge is 2.22. The van der Waals surface area contributed by atoms with Gasteiger partial charge in [0.25, 0.3) is 0 Å². The molecule has 4 nitrogen and oxygen atoms in total. The normalized spacial score (nSPS) is 16.8. The van der Waals surface area contributed by atoms with E-state index in [0.717, 1.165) is 18.7 Å². The van der Waals surface area contributed by atoms with Gasteiger partial charge in [0.05, 0.1) is 0 Å². The molecule has 1 N–H and O–H groups in total. The number of carboxylic acid groups (broad SMARTS) is 1. The Labute approximate surface area is 119 Å². The van der Waals surface area contributed by atoms with Crippen molar-refractivity contribution < 1.29 is 14.7 Å². The molecule has 1 aliphatic rings. The lowest BCUT2D eigenvalue weighted by Crippen LogP contribution is -2.29. The lowest BCUT2D eigenvalue weighted by atomic mass is 9.96. The summed E-state index contributed by atoms with van der Waals surface area (Å²) in [5.41, 5.74) is 2.08. The number of anilines is 1. The molecule has 0 aliphatic carbocycles. The van der Waals surface area contributed by atoms with Crippen LogP contribution in [0.4, 0.5) is 5.69 Å². The Morgan fingerprint density at radius 2 is 1.75 bits per heavy atom. The zero-order valence-corrected chi connectivity index (χ0v) is 11.8. The van der Waals surface area contributed by atoms with Crippen molar-refractivity contribution in [2.75, 3.05) is 18.0 Å². The molecule has 0 aromatic heterocycles. The number of carboxylic acids is 1. The molecule has 1 unspecified atom stereocenters. The number of aliphatic carboxylic acids is 1. The summed E-state index contributed by atoms with van der Waals surface area (Å²) in [5.74, 6) is -2.27. The van der Waals surface area contributed by atoms with E-state index in [0.29, 0.717) is 0 Å². The number of Topliss-reactive ketones (excluding diaryl/α,β-unsaturated/α-hetero) is 1. The Hall–Kier alpha value is -1.84. The molecule has 0 radical (unpaired) electrons. The summed E-state index contributed by atoms with van der Waals surface area (Å²) >= 11 is 0. The zero-order valence-electron chi connectivity index (χ0n) is 11.8. The van der Waals surface area contributed by atoms with Crippen LogP contribution in [0.2, 0.25) is 0 Å². The number of ketones is 1. The lowest BCUT2D eigenvalue weighted by Gasteiger charge is -2.28. The van der Waals surface area contributed by atoms with Crippen LogP contribution in [0.3, 0.4) is 0 Å². The predicted molar refractivity (Wildman–Crippen MR) is 78.0 cm³/mol. The highest BCUT2D eigenvalue weighted by atomic mass is 16.4. The van der Waals surface area contributed by atoms with Crippen LogP contribution < -0.4 is 4.90 Å². The van der Waals surface area contributed by atoms with Crippen molar-refractivity contribution in [1.29, 1.82) is 0 Å². The number of nitrogens with zero attached hydrogens (tertiary/aromatic N) is 1. The minimum atomic E-state index is -1.04. The average Bonchev–Trinajstić information content (AvgIpc) is 2.45. The van der Waals surface area contributed by atoms with Crippen LogP contribution >= 0.6 is 0 Å². The van der Waals surface area contributed by atoms with Crippen molar-refractivity contribution in [2.45, 2.75) is 32.6 Å². The van der Waals surface area contributed by atoms with Gasteiger partial charge in [-0.15, -0.1) is 0 Å². The van der Waals surface area contributed by atoms with E-state index in [1.165, 1.54) is 31.9 Å². The van der Waals surface area contributed by atoms with Crippen molar-refractivity contribution in [2.24, 2.45) is 5.92 Å². The van der Waals surface area contributed by atoms with E-state index < -0.39 is 11.9 Å². The third-order valence-electron chi connectivity index (χ3n) is 3.89. The molecule has 1 aromatic rings. The molecule has 0 saturated carbocycles. The second kappa shape index (κ2) is 6.55. The average molecular weight is 275 g/mol. The second-order valence-corrected chi connectivity index (χ2v) is 5.42. The molecule has 108 valence electrons. The van der Waals surface area contributed by atoms with E-state index in [4.69, 9.17) is 5.11 Å². The summed E-state index contributed by atoms with van der Waals surface area (Å²) in [7, 11) is 0. The molecular weight excluding hydrogens is 254 g/mol. The smallest absolute Gasteiger partial charge is 0.314 e. The van der Waals surface area contributed by atoms with E-state index >= 15 is 0 Å². The Kier molecular flexibility index (Phi) is 4.77. The Balaban J connectivity index is 2.03. The minimum absolute atomic E-state index is 0.269. The number of hydrogen-bond donors (Lipinski definition) is 1. The number of piperidine rings is 1. The standard InChI is InChI=1S/C16H21NO3/c1-12(18)15(16(19)20)11-13-5-7-14(8-6-13)17-9-3-2-4-10-17/h5-8,15H,2-4,9-11H2,1H3,(H,19,20). The number of benzene rings is 1. The second-order valence-electron chi connectivity index (χ2n) is 5.42. The quantitative estimate of drug-likeness (QED) is 0.839. The molecule has 1 atom stereocenters. The van der Waals surface area contributed by atoms with Crippen LogP contribution in [0.5, 0.6) is 0 Å². The topological polar surface area (TPSA) is 57.6 Å².